The average Bonchev–Trinajstić information content (AvgIpc) is 2.46. The van der Waals surface area contributed by atoms with Crippen LogP contribution in [-0.4, -0.2) is 25.3 Å². The number of carbonyl (C=O) groups excluding carboxylic acids is 1. The Balaban J connectivity index is 2.02. The predicted octanol–water partition coefficient (Wildman–Crippen LogP) is 1.51. The summed E-state index contributed by atoms with van der Waals surface area (Å²) in [6, 6.07) is 0. The Morgan fingerprint density at radius 1 is 1.58 bits per heavy atom. The lowest BCUT2D eigenvalue weighted by Crippen LogP contribution is -2.18. The van der Waals surface area contributed by atoms with Crippen LogP contribution in [-0.2, 0) is 14.3 Å². The number of esters is 1. The van der Waals surface area contributed by atoms with Crippen LogP contribution in [0.2, 0.25) is 0 Å². The van der Waals surface area contributed by atoms with Crippen LogP contribution in [0.4, 0.5) is 0 Å². The van der Waals surface area contributed by atoms with Crippen LogP contribution in [0.15, 0.2) is 0 Å². The van der Waals surface area contributed by atoms with Gasteiger partial charge < -0.3 is 9.47 Å². The minimum absolute atomic E-state index is 0.188. The standard InChI is InChI=1S/C9H16O3/c1-2-3-4-6-11-8-5-7-12-9(8)10/h8H,2-7H2,1H3/t8-/m1/s1. The molecule has 0 aliphatic carbocycles. The summed E-state index contributed by atoms with van der Waals surface area (Å²) < 4.78 is 10.1. The number of hydrogen-bond donors (Lipinski definition) is 0. The van der Waals surface area contributed by atoms with Crippen LogP contribution in [0.25, 0.3) is 0 Å². The molecular formula is C9H16O3. The normalized spacial score (nSPS) is 22.8. The summed E-state index contributed by atoms with van der Waals surface area (Å²) in [6.07, 6.45) is 3.84. The van der Waals surface area contributed by atoms with E-state index in [2.05, 4.69) is 6.92 Å². The van der Waals surface area contributed by atoms with Crippen molar-refractivity contribution in [2.45, 2.75) is 38.7 Å². The molecule has 0 N–H and O–H groups in total. The molecule has 0 aromatic heterocycles. The molecule has 0 bridgehead atoms. The molecule has 0 aromatic rings. The zero-order valence-electron chi connectivity index (χ0n) is 7.54. The zero-order valence-corrected chi connectivity index (χ0v) is 7.54. The molecular weight excluding hydrogens is 156 g/mol. The highest BCUT2D eigenvalue weighted by atomic mass is 16.6. The van der Waals surface area contributed by atoms with Crippen molar-refractivity contribution >= 4 is 5.97 Å². The Hall–Kier alpha value is -0.570. The van der Waals surface area contributed by atoms with Gasteiger partial charge in [-0.15, -0.1) is 0 Å². The van der Waals surface area contributed by atoms with Crippen LogP contribution < -0.4 is 0 Å². The van der Waals surface area contributed by atoms with Gasteiger partial charge in [0.1, 0.15) is 0 Å². The van der Waals surface area contributed by atoms with Gasteiger partial charge in [0.15, 0.2) is 6.10 Å². The molecule has 1 atom stereocenters. The first-order valence-corrected chi connectivity index (χ1v) is 4.63. The molecule has 0 aromatic carbocycles. The van der Waals surface area contributed by atoms with Gasteiger partial charge in [-0.25, -0.2) is 4.79 Å². The molecule has 1 heterocycles. The molecule has 1 aliphatic rings. The summed E-state index contributed by atoms with van der Waals surface area (Å²) in [5, 5.41) is 0. The molecule has 1 aliphatic heterocycles. The first-order valence-electron chi connectivity index (χ1n) is 4.63. The quantitative estimate of drug-likeness (QED) is 0.466. The Morgan fingerprint density at radius 2 is 2.42 bits per heavy atom. The van der Waals surface area contributed by atoms with E-state index in [1.807, 2.05) is 0 Å². The van der Waals surface area contributed by atoms with E-state index in [4.69, 9.17) is 9.47 Å². The Morgan fingerprint density at radius 3 is 3.00 bits per heavy atom. The van der Waals surface area contributed by atoms with Gasteiger partial charge in [-0.3, -0.25) is 0 Å². The number of hydrogen-bond acceptors (Lipinski definition) is 3. The number of ether oxygens (including phenoxy) is 2. The summed E-state index contributed by atoms with van der Waals surface area (Å²) in [6.45, 7) is 3.36. The highest BCUT2D eigenvalue weighted by molar-refractivity contribution is 5.76. The van der Waals surface area contributed by atoms with Crippen LogP contribution in [0, 0.1) is 0 Å². The third kappa shape index (κ3) is 2.81. The lowest BCUT2D eigenvalue weighted by atomic mass is 10.2. The maximum absolute atomic E-state index is 10.9. The van der Waals surface area contributed by atoms with Gasteiger partial charge in [0.2, 0.25) is 0 Å². The molecule has 1 rings (SSSR count). The smallest absolute Gasteiger partial charge is 0.335 e. The van der Waals surface area contributed by atoms with Crippen LogP contribution >= 0.6 is 0 Å². The Bertz CT molecular complexity index is 145. The lowest BCUT2D eigenvalue weighted by molar-refractivity contribution is -0.147. The molecule has 0 saturated carbocycles. The maximum Gasteiger partial charge on any atom is 0.335 e. The molecule has 3 heteroatoms. The molecule has 1 saturated heterocycles. The fraction of sp³-hybridized carbons (Fsp3) is 0.889. The van der Waals surface area contributed by atoms with E-state index in [0.29, 0.717) is 13.2 Å². The van der Waals surface area contributed by atoms with Crippen LogP contribution in [0.1, 0.15) is 32.6 Å². The Labute approximate surface area is 73.0 Å². The molecule has 70 valence electrons. The molecule has 12 heavy (non-hydrogen) atoms. The number of rotatable bonds is 5. The van der Waals surface area contributed by atoms with E-state index < -0.39 is 0 Å². The van der Waals surface area contributed by atoms with Crippen molar-refractivity contribution in [1.82, 2.24) is 0 Å². The molecule has 1 fully saturated rings. The van der Waals surface area contributed by atoms with Crippen LogP contribution in [0.3, 0.4) is 0 Å². The van der Waals surface area contributed by atoms with Crippen molar-refractivity contribution in [2.24, 2.45) is 0 Å². The minimum Gasteiger partial charge on any atom is -0.464 e. The second-order valence-electron chi connectivity index (χ2n) is 3.02. The second kappa shape index (κ2) is 5.14. The largest absolute Gasteiger partial charge is 0.464 e. The van der Waals surface area contributed by atoms with Gasteiger partial charge in [-0.05, 0) is 6.42 Å². The number of unbranched alkanes of at least 4 members (excludes halogenated alkanes) is 2. The summed E-state index contributed by atoms with van der Waals surface area (Å²) in [4.78, 5) is 10.9. The number of cyclic esters (lactones) is 1. The van der Waals surface area contributed by atoms with E-state index in [0.717, 1.165) is 12.8 Å². The summed E-state index contributed by atoms with van der Waals surface area (Å²) in [7, 11) is 0. The first kappa shape index (κ1) is 9.52. The fourth-order valence-electron chi connectivity index (χ4n) is 1.21. The highest BCUT2D eigenvalue weighted by Gasteiger charge is 2.26. The lowest BCUT2D eigenvalue weighted by Gasteiger charge is -2.06. The zero-order chi connectivity index (χ0) is 8.81. The van der Waals surface area contributed by atoms with Gasteiger partial charge in [-0.2, -0.15) is 0 Å². The monoisotopic (exact) mass is 172 g/mol. The molecule has 0 unspecified atom stereocenters. The van der Waals surface area contributed by atoms with Gasteiger partial charge in [0.25, 0.3) is 0 Å². The topological polar surface area (TPSA) is 35.5 Å². The predicted molar refractivity (Wildman–Crippen MR) is 44.8 cm³/mol. The summed E-state index contributed by atoms with van der Waals surface area (Å²) in [5.74, 6) is -0.188. The molecule has 0 amide bonds. The fourth-order valence-corrected chi connectivity index (χ4v) is 1.21. The van der Waals surface area contributed by atoms with E-state index >= 15 is 0 Å². The summed E-state index contributed by atoms with van der Waals surface area (Å²) >= 11 is 0. The third-order valence-corrected chi connectivity index (χ3v) is 1.95. The second-order valence-corrected chi connectivity index (χ2v) is 3.02. The van der Waals surface area contributed by atoms with Gasteiger partial charge in [0, 0.05) is 13.0 Å². The van der Waals surface area contributed by atoms with E-state index in [1.165, 1.54) is 12.8 Å². The van der Waals surface area contributed by atoms with Crippen molar-refractivity contribution in [1.29, 1.82) is 0 Å². The van der Waals surface area contributed by atoms with Crippen molar-refractivity contribution in [3.8, 4) is 0 Å². The van der Waals surface area contributed by atoms with Gasteiger partial charge in [-0.1, -0.05) is 19.8 Å². The molecule has 3 nitrogen and oxygen atoms in total. The molecule has 0 spiro atoms. The van der Waals surface area contributed by atoms with Crippen molar-refractivity contribution in [3.63, 3.8) is 0 Å². The van der Waals surface area contributed by atoms with E-state index in [1.54, 1.807) is 0 Å². The van der Waals surface area contributed by atoms with Gasteiger partial charge >= 0.3 is 5.97 Å². The SMILES string of the molecule is CCCCCO[C@@H]1CCOC1=O. The van der Waals surface area contributed by atoms with Crippen LogP contribution in [0.5, 0.6) is 0 Å². The average molecular weight is 172 g/mol. The van der Waals surface area contributed by atoms with E-state index in [9.17, 15) is 4.79 Å². The highest BCUT2D eigenvalue weighted by Crippen LogP contribution is 2.10. The first-order chi connectivity index (χ1) is 5.84. The minimum atomic E-state index is -0.276. The van der Waals surface area contributed by atoms with Crippen molar-refractivity contribution in [2.75, 3.05) is 13.2 Å². The third-order valence-electron chi connectivity index (χ3n) is 1.95. The van der Waals surface area contributed by atoms with Gasteiger partial charge in [0.05, 0.1) is 6.61 Å². The Kier molecular flexibility index (Phi) is 4.08. The van der Waals surface area contributed by atoms with Crippen molar-refractivity contribution < 1.29 is 14.3 Å². The van der Waals surface area contributed by atoms with Crippen molar-refractivity contribution in [3.05, 3.63) is 0 Å². The molecule has 0 radical (unpaired) electrons. The van der Waals surface area contributed by atoms with E-state index in [-0.39, 0.29) is 12.1 Å². The summed E-state index contributed by atoms with van der Waals surface area (Å²) in [5.41, 5.74) is 0. The maximum atomic E-state index is 10.9. The number of carbonyl (C=O) groups is 1.